The summed E-state index contributed by atoms with van der Waals surface area (Å²) in [7, 11) is 1.59. The summed E-state index contributed by atoms with van der Waals surface area (Å²) in [5, 5.41) is 13.6. The predicted molar refractivity (Wildman–Crippen MR) is 100 cm³/mol. The van der Waals surface area contributed by atoms with Gasteiger partial charge in [0.05, 0.1) is 28.3 Å². The van der Waals surface area contributed by atoms with E-state index in [-0.39, 0.29) is 18.2 Å². The summed E-state index contributed by atoms with van der Waals surface area (Å²) >= 11 is 0. The van der Waals surface area contributed by atoms with Crippen LogP contribution in [0.4, 0.5) is 0 Å². The van der Waals surface area contributed by atoms with E-state index in [1.54, 1.807) is 27.0 Å². The third-order valence-corrected chi connectivity index (χ3v) is 4.51. The van der Waals surface area contributed by atoms with Crippen molar-refractivity contribution >= 4 is 23.0 Å². The van der Waals surface area contributed by atoms with Crippen LogP contribution in [0.5, 0.6) is 0 Å². The lowest BCUT2D eigenvalue weighted by Crippen LogP contribution is -2.33. The minimum Gasteiger partial charge on any atom is -0.481 e. The zero-order valence-corrected chi connectivity index (χ0v) is 15.7. The van der Waals surface area contributed by atoms with E-state index in [0.29, 0.717) is 22.3 Å². The second-order valence-corrected chi connectivity index (χ2v) is 6.79. The van der Waals surface area contributed by atoms with Gasteiger partial charge in [-0.15, -0.1) is 0 Å². The normalized spacial score (nSPS) is 12.1. The van der Waals surface area contributed by atoms with Gasteiger partial charge in [-0.25, -0.2) is 4.98 Å². The van der Waals surface area contributed by atoms with E-state index in [0.717, 1.165) is 11.1 Å². The van der Waals surface area contributed by atoms with Crippen molar-refractivity contribution in [3.63, 3.8) is 0 Å². The van der Waals surface area contributed by atoms with Crippen LogP contribution in [0.15, 0.2) is 34.9 Å². The molecule has 0 spiro atoms. The molecule has 1 amide bonds. The molecule has 0 aliphatic heterocycles. The first-order valence-electron chi connectivity index (χ1n) is 8.60. The van der Waals surface area contributed by atoms with E-state index in [1.807, 2.05) is 31.2 Å². The molecule has 3 rings (SSSR count). The van der Waals surface area contributed by atoms with E-state index >= 15 is 0 Å². The highest BCUT2D eigenvalue weighted by Gasteiger charge is 2.24. The molecule has 0 saturated carbocycles. The third-order valence-electron chi connectivity index (χ3n) is 4.51. The number of aromatic nitrogens is 2. The van der Waals surface area contributed by atoms with Gasteiger partial charge in [-0.05, 0) is 19.9 Å². The number of benzene rings is 1. The number of amides is 1. The first-order valence-corrected chi connectivity index (χ1v) is 8.60. The third kappa shape index (κ3) is 3.67. The molecule has 0 bridgehead atoms. The lowest BCUT2D eigenvalue weighted by Gasteiger charge is -2.20. The SMILES string of the molecule is Cc1ccc(-c2cc(C(=O)N(C)CC(C)C(=O)O)c3c(C)noc3n2)cc1. The average molecular weight is 367 g/mol. The fraction of sp³-hybridized carbons (Fsp3) is 0.300. The molecule has 1 unspecified atom stereocenters. The number of rotatable bonds is 5. The molecule has 0 aliphatic carbocycles. The summed E-state index contributed by atoms with van der Waals surface area (Å²) in [4.78, 5) is 30.0. The number of hydrogen-bond acceptors (Lipinski definition) is 5. The standard InChI is InChI=1S/C20H21N3O4/c1-11-5-7-14(8-6-11)16-9-15(17-13(3)22-27-18(17)21-16)19(24)23(4)10-12(2)20(25)26/h5-9,12H,10H2,1-4H3,(H,25,26). The van der Waals surface area contributed by atoms with Crippen LogP contribution in [0.25, 0.3) is 22.4 Å². The van der Waals surface area contributed by atoms with Crippen molar-refractivity contribution in [2.75, 3.05) is 13.6 Å². The van der Waals surface area contributed by atoms with Gasteiger partial charge in [0.1, 0.15) is 0 Å². The summed E-state index contributed by atoms with van der Waals surface area (Å²) in [6.45, 7) is 5.41. The number of hydrogen-bond donors (Lipinski definition) is 1. The number of nitrogens with zero attached hydrogens (tertiary/aromatic N) is 3. The van der Waals surface area contributed by atoms with E-state index in [2.05, 4.69) is 10.1 Å². The van der Waals surface area contributed by atoms with Crippen LogP contribution in [-0.2, 0) is 4.79 Å². The van der Waals surface area contributed by atoms with Gasteiger partial charge in [0.25, 0.3) is 11.6 Å². The van der Waals surface area contributed by atoms with E-state index < -0.39 is 11.9 Å². The van der Waals surface area contributed by atoms with E-state index in [1.165, 1.54) is 4.90 Å². The molecule has 0 saturated heterocycles. The van der Waals surface area contributed by atoms with Crippen molar-refractivity contribution < 1.29 is 19.2 Å². The number of aryl methyl sites for hydroxylation is 2. The lowest BCUT2D eigenvalue weighted by molar-refractivity contribution is -0.141. The molecule has 0 radical (unpaired) electrons. The molecule has 3 aromatic rings. The van der Waals surface area contributed by atoms with Gasteiger partial charge in [-0.3, -0.25) is 9.59 Å². The quantitative estimate of drug-likeness (QED) is 0.743. The number of carbonyl (C=O) groups is 2. The highest BCUT2D eigenvalue weighted by molar-refractivity contribution is 6.07. The van der Waals surface area contributed by atoms with Crippen molar-refractivity contribution in [2.24, 2.45) is 5.92 Å². The number of carbonyl (C=O) groups excluding carboxylic acids is 1. The van der Waals surface area contributed by atoms with Gasteiger partial charge in [0, 0.05) is 19.2 Å². The Bertz CT molecular complexity index is 1010. The second-order valence-electron chi connectivity index (χ2n) is 6.79. The van der Waals surface area contributed by atoms with Crippen LogP contribution in [-0.4, -0.2) is 45.6 Å². The summed E-state index contributed by atoms with van der Waals surface area (Å²) in [6.07, 6.45) is 0. The highest BCUT2D eigenvalue weighted by atomic mass is 16.5. The number of carboxylic acid groups (broad SMARTS) is 1. The van der Waals surface area contributed by atoms with Crippen molar-refractivity contribution in [3.8, 4) is 11.3 Å². The van der Waals surface area contributed by atoms with Crippen LogP contribution in [0.2, 0.25) is 0 Å². The fourth-order valence-electron chi connectivity index (χ4n) is 2.91. The Morgan fingerprint density at radius 2 is 1.89 bits per heavy atom. The number of pyridine rings is 1. The maximum atomic E-state index is 13.0. The largest absolute Gasteiger partial charge is 0.481 e. The molecule has 7 nitrogen and oxygen atoms in total. The molecule has 1 aromatic carbocycles. The van der Waals surface area contributed by atoms with Gasteiger partial charge in [-0.2, -0.15) is 0 Å². The summed E-state index contributed by atoms with van der Waals surface area (Å²) in [5.74, 6) is -1.91. The van der Waals surface area contributed by atoms with Gasteiger partial charge in [-0.1, -0.05) is 41.9 Å². The van der Waals surface area contributed by atoms with Crippen LogP contribution in [0.1, 0.15) is 28.5 Å². The molecule has 2 aromatic heterocycles. The van der Waals surface area contributed by atoms with E-state index in [9.17, 15) is 9.59 Å². The topological polar surface area (TPSA) is 96.5 Å². The Morgan fingerprint density at radius 1 is 1.22 bits per heavy atom. The monoisotopic (exact) mass is 367 g/mol. The summed E-state index contributed by atoms with van der Waals surface area (Å²) in [5.41, 5.74) is 3.82. The van der Waals surface area contributed by atoms with Crippen LogP contribution in [0.3, 0.4) is 0 Å². The van der Waals surface area contributed by atoms with Crippen molar-refractivity contribution in [1.29, 1.82) is 0 Å². The smallest absolute Gasteiger partial charge is 0.308 e. The first-order chi connectivity index (χ1) is 12.8. The highest BCUT2D eigenvalue weighted by Crippen LogP contribution is 2.28. The molecular weight excluding hydrogens is 346 g/mol. The molecule has 1 atom stereocenters. The Labute approximate surface area is 156 Å². The van der Waals surface area contributed by atoms with E-state index in [4.69, 9.17) is 9.63 Å². The lowest BCUT2D eigenvalue weighted by atomic mass is 10.0. The maximum absolute atomic E-state index is 13.0. The van der Waals surface area contributed by atoms with Gasteiger partial charge in [0.2, 0.25) is 0 Å². The maximum Gasteiger partial charge on any atom is 0.308 e. The molecule has 140 valence electrons. The fourth-order valence-corrected chi connectivity index (χ4v) is 2.91. The molecule has 0 aliphatic rings. The zero-order chi connectivity index (χ0) is 19.7. The molecule has 27 heavy (non-hydrogen) atoms. The molecule has 0 fully saturated rings. The number of aliphatic carboxylic acids is 1. The van der Waals surface area contributed by atoms with Crippen molar-refractivity contribution in [1.82, 2.24) is 15.0 Å². The second kappa shape index (κ2) is 7.19. The Hall–Kier alpha value is -3.22. The molecule has 1 N–H and O–H groups in total. The average Bonchev–Trinajstić information content (AvgIpc) is 3.02. The number of carboxylic acids is 1. The summed E-state index contributed by atoms with van der Waals surface area (Å²) in [6, 6.07) is 9.50. The molecule has 7 heteroatoms. The van der Waals surface area contributed by atoms with Crippen molar-refractivity contribution in [3.05, 3.63) is 47.2 Å². The minimum atomic E-state index is -0.948. The van der Waals surface area contributed by atoms with Gasteiger partial charge >= 0.3 is 5.97 Å². The Kier molecular flexibility index (Phi) is 4.94. The van der Waals surface area contributed by atoms with Gasteiger partial charge < -0.3 is 14.5 Å². The van der Waals surface area contributed by atoms with Crippen LogP contribution in [0, 0.1) is 19.8 Å². The molecule has 2 heterocycles. The Morgan fingerprint density at radius 3 is 2.52 bits per heavy atom. The predicted octanol–water partition coefficient (Wildman–Crippen LogP) is 3.30. The number of fused-ring (bicyclic) bond motifs is 1. The molecular formula is C20H21N3O4. The minimum absolute atomic E-state index is 0.0994. The van der Waals surface area contributed by atoms with Gasteiger partial charge in [0.15, 0.2) is 0 Å². The Balaban J connectivity index is 2.07. The summed E-state index contributed by atoms with van der Waals surface area (Å²) < 4.78 is 5.30. The zero-order valence-electron chi connectivity index (χ0n) is 15.7. The van der Waals surface area contributed by atoms with Crippen molar-refractivity contribution in [2.45, 2.75) is 20.8 Å². The van der Waals surface area contributed by atoms with Crippen LogP contribution < -0.4 is 0 Å². The first kappa shape index (κ1) is 18.6. The van der Waals surface area contributed by atoms with Crippen LogP contribution >= 0.6 is 0 Å².